The van der Waals surface area contributed by atoms with E-state index in [4.69, 9.17) is 16.3 Å². The van der Waals surface area contributed by atoms with Gasteiger partial charge in [0.1, 0.15) is 11.5 Å². The Bertz CT molecular complexity index is 765. The molecule has 2 aromatic rings. The fourth-order valence-electron chi connectivity index (χ4n) is 2.13. The van der Waals surface area contributed by atoms with Gasteiger partial charge >= 0.3 is 0 Å². The zero-order valence-corrected chi connectivity index (χ0v) is 14.5. The predicted molar refractivity (Wildman–Crippen MR) is 95.0 cm³/mol. The van der Waals surface area contributed by atoms with Crippen LogP contribution in [0.2, 0.25) is 5.02 Å². The topological polar surface area (TPSA) is 70.9 Å². The number of nitrogens with zero attached hydrogens (tertiary/aromatic N) is 1. The number of amides is 1. The van der Waals surface area contributed by atoms with Gasteiger partial charge in [0.25, 0.3) is 5.91 Å². The van der Waals surface area contributed by atoms with Gasteiger partial charge in [0.2, 0.25) is 0 Å². The van der Waals surface area contributed by atoms with Crippen molar-refractivity contribution >= 4 is 23.7 Å². The van der Waals surface area contributed by atoms with Crippen molar-refractivity contribution in [1.29, 1.82) is 0 Å². The lowest BCUT2D eigenvalue weighted by atomic mass is 10.1. The van der Waals surface area contributed by atoms with Gasteiger partial charge in [-0.2, -0.15) is 5.10 Å². The van der Waals surface area contributed by atoms with Crippen LogP contribution >= 0.6 is 11.6 Å². The number of aromatic hydroxyl groups is 1. The van der Waals surface area contributed by atoms with E-state index in [0.29, 0.717) is 10.8 Å². The molecule has 126 valence electrons. The predicted octanol–water partition coefficient (Wildman–Crippen LogP) is 3.50. The highest BCUT2D eigenvalue weighted by molar-refractivity contribution is 6.31. The molecule has 0 saturated carbocycles. The second-order valence-electron chi connectivity index (χ2n) is 5.50. The number of phenolic OH excluding ortho intramolecular Hbond substituents is 1. The Morgan fingerprint density at radius 3 is 2.50 bits per heavy atom. The second-order valence-corrected chi connectivity index (χ2v) is 5.90. The number of benzene rings is 2. The molecule has 0 radical (unpaired) electrons. The zero-order chi connectivity index (χ0) is 17.7. The number of rotatable bonds is 5. The third-order valence-electron chi connectivity index (χ3n) is 3.42. The smallest absolute Gasteiger partial charge is 0.277 e. The molecule has 0 saturated heterocycles. The van der Waals surface area contributed by atoms with Crippen molar-refractivity contribution in [2.24, 2.45) is 5.10 Å². The van der Waals surface area contributed by atoms with Crippen LogP contribution in [0.3, 0.4) is 0 Å². The Hall–Kier alpha value is -2.53. The van der Waals surface area contributed by atoms with Gasteiger partial charge in [-0.05, 0) is 73.4 Å². The number of carbonyl (C=O) groups excluding carboxylic acids is 1. The first-order valence-electron chi connectivity index (χ1n) is 7.38. The molecule has 0 aromatic heterocycles. The third-order valence-corrected chi connectivity index (χ3v) is 3.84. The highest BCUT2D eigenvalue weighted by atomic mass is 35.5. The van der Waals surface area contributed by atoms with Gasteiger partial charge in [-0.25, -0.2) is 5.43 Å². The number of nitrogens with one attached hydrogen (secondary N) is 1. The lowest BCUT2D eigenvalue weighted by Crippen LogP contribution is -2.24. The summed E-state index contributed by atoms with van der Waals surface area (Å²) in [5, 5.41) is 14.3. The van der Waals surface area contributed by atoms with Crippen molar-refractivity contribution in [3.8, 4) is 11.5 Å². The number of hydrogen-bond acceptors (Lipinski definition) is 4. The van der Waals surface area contributed by atoms with E-state index in [9.17, 15) is 9.90 Å². The maximum atomic E-state index is 11.7. The SMILES string of the molecule is Cc1cc(OCC(=O)N/N=C/c2cc(C)c(O)c(C)c2)ccc1Cl. The molecule has 1 amide bonds. The number of aryl methyl sites for hydroxylation is 3. The molecule has 5 nitrogen and oxygen atoms in total. The minimum Gasteiger partial charge on any atom is -0.507 e. The summed E-state index contributed by atoms with van der Waals surface area (Å²) in [5.74, 6) is 0.467. The van der Waals surface area contributed by atoms with E-state index in [-0.39, 0.29) is 18.3 Å². The van der Waals surface area contributed by atoms with E-state index in [1.807, 2.05) is 6.92 Å². The number of halogens is 1. The quantitative estimate of drug-likeness (QED) is 0.643. The first-order chi connectivity index (χ1) is 11.4. The van der Waals surface area contributed by atoms with Gasteiger partial charge < -0.3 is 9.84 Å². The summed E-state index contributed by atoms with van der Waals surface area (Å²) in [7, 11) is 0. The van der Waals surface area contributed by atoms with Crippen LogP contribution in [0.1, 0.15) is 22.3 Å². The van der Waals surface area contributed by atoms with Gasteiger partial charge in [0, 0.05) is 5.02 Å². The minimum absolute atomic E-state index is 0.147. The van der Waals surface area contributed by atoms with E-state index in [1.165, 1.54) is 6.21 Å². The van der Waals surface area contributed by atoms with Gasteiger partial charge in [-0.1, -0.05) is 11.6 Å². The van der Waals surface area contributed by atoms with E-state index in [0.717, 1.165) is 22.3 Å². The Morgan fingerprint density at radius 2 is 1.88 bits per heavy atom. The Kier molecular flexibility index (Phi) is 5.82. The van der Waals surface area contributed by atoms with Gasteiger partial charge in [0.05, 0.1) is 6.21 Å². The number of hydrogen-bond donors (Lipinski definition) is 2. The molecular weight excluding hydrogens is 328 g/mol. The summed E-state index contributed by atoms with van der Waals surface area (Å²) >= 11 is 5.93. The molecule has 0 atom stereocenters. The summed E-state index contributed by atoms with van der Waals surface area (Å²) in [6.45, 7) is 5.33. The largest absolute Gasteiger partial charge is 0.507 e. The highest BCUT2D eigenvalue weighted by Crippen LogP contribution is 2.22. The molecule has 0 aliphatic carbocycles. The Labute approximate surface area is 145 Å². The van der Waals surface area contributed by atoms with Gasteiger partial charge in [0.15, 0.2) is 6.61 Å². The van der Waals surface area contributed by atoms with E-state index in [2.05, 4.69) is 10.5 Å². The molecule has 6 heteroatoms. The Balaban J connectivity index is 1.87. The standard InChI is InChI=1S/C18H19ClN2O3/c1-11-8-15(4-5-16(11)19)24-10-17(22)21-20-9-14-6-12(2)18(23)13(3)7-14/h4-9,23H,10H2,1-3H3,(H,21,22)/b20-9+. The summed E-state index contributed by atoms with van der Waals surface area (Å²) in [6.07, 6.45) is 1.52. The van der Waals surface area contributed by atoms with Crippen LogP contribution in [0.25, 0.3) is 0 Å². The van der Waals surface area contributed by atoms with Crippen LogP contribution < -0.4 is 10.2 Å². The summed E-state index contributed by atoms with van der Waals surface area (Å²) < 4.78 is 5.38. The van der Waals surface area contributed by atoms with Crippen LogP contribution in [0.15, 0.2) is 35.4 Å². The molecule has 0 unspecified atom stereocenters. The van der Waals surface area contributed by atoms with E-state index >= 15 is 0 Å². The van der Waals surface area contributed by atoms with Crippen molar-refractivity contribution in [3.05, 3.63) is 57.6 Å². The maximum absolute atomic E-state index is 11.7. The monoisotopic (exact) mass is 346 g/mol. The molecule has 0 spiro atoms. The molecule has 0 heterocycles. The van der Waals surface area contributed by atoms with Crippen molar-refractivity contribution in [2.75, 3.05) is 6.61 Å². The van der Waals surface area contributed by atoms with E-state index in [1.54, 1.807) is 44.2 Å². The molecule has 2 N–H and O–H groups in total. The van der Waals surface area contributed by atoms with E-state index < -0.39 is 0 Å². The van der Waals surface area contributed by atoms with Crippen LogP contribution in [-0.2, 0) is 4.79 Å². The molecule has 0 aliphatic rings. The fraction of sp³-hybridized carbons (Fsp3) is 0.222. The second kappa shape index (κ2) is 7.84. The lowest BCUT2D eigenvalue weighted by Gasteiger charge is -2.07. The number of ether oxygens (including phenoxy) is 1. The molecule has 24 heavy (non-hydrogen) atoms. The van der Waals surface area contributed by atoms with Crippen molar-refractivity contribution in [1.82, 2.24) is 5.43 Å². The molecule has 0 aliphatic heterocycles. The molecule has 2 aromatic carbocycles. The van der Waals surface area contributed by atoms with Crippen LogP contribution in [-0.4, -0.2) is 23.8 Å². The van der Waals surface area contributed by atoms with Gasteiger partial charge in [-0.15, -0.1) is 0 Å². The summed E-state index contributed by atoms with van der Waals surface area (Å²) in [6, 6.07) is 8.75. The third kappa shape index (κ3) is 4.73. The molecule has 2 rings (SSSR count). The Morgan fingerprint density at radius 1 is 1.21 bits per heavy atom. The van der Waals surface area contributed by atoms with Crippen molar-refractivity contribution < 1.29 is 14.6 Å². The maximum Gasteiger partial charge on any atom is 0.277 e. The molecular formula is C18H19ClN2O3. The summed E-state index contributed by atoms with van der Waals surface area (Å²) in [4.78, 5) is 11.7. The molecule has 0 bridgehead atoms. The fourth-order valence-corrected chi connectivity index (χ4v) is 2.25. The first-order valence-corrected chi connectivity index (χ1v) is 7.75. The van der Waals surface area contributed by atoms with Crippen molar-refractivity contribution in [3.63, 3.8) is 0 Å². The number of carbonyl (C=O) groups is 1. The average molecular weight is 347 g/mol. The average Bonchev–Trinajstić information content (AvgIpc) is 2.53. The van der Waals surface area contributed by atoms with Crippen LogP contribution in [0, 0.1) is 20.8 Å². The van der Waals surface area contributed by atoms with Crippen molar-refractivity contribution in [2.45, 2.75) is 20.8 Å². The highest BCUT2D eigenvalue weighted by Gasteiger charge is 2.04. The normalized spacial score (nSPS) is 10.8. The number of phenols is 1. The zero-order valence-electron chi connectivity index (χ0n) is 13.8. The van der Waals surface area contributed by atoms with Gasteiger partial charge in [-0.3, -0.25) is 4.79 Å². The first kappa shape index (κ1) is 17.8. The lowest BCUT2D eigenvalue weighted by molar-refractivity contribution is -0.123. The van der Waals surface area contributed by atoms with Crippen LogP contribution in [0.5, 0.6) is 11.5 Å². The summed E-state index contributed by atoms with van der Waals surface area (Å²) in [5.41, 5.74) is 5.58. The number of hydrazone groups is 1. The van der Waals surface area contributed by atoms with Crippen LogP contribution in [0.4, 0.5) is 0 Å². The minimum atomic E-state index is -0.369. The molecule has 0 fully saturated rings.